The van der Waals surface area contributed by atoms with E-state index in [2.05, 4.69) is 19.9 Å². The topological polar surface area (TPSA) is 81.0 Å². The SMILES string of the molecule is Cc1cc2c(c(=O)n1CC(C)C)C(c1ccccc1)C(C#N)=C(N)O2. The van der Waals surface area contributed by atoms with Gasteiger partial charge in [-0.25, -0.2) is 0 Å². The van der Waals surface area contributed by atoms with Crippen molar-refractivity contribution in [3.05, 3.63) is 75.0 Å². The molecule has 1 aromatic carbocycles. The first-order chi connectivity index (χ1) is 11.9. The van der Waals surface area contributed by atoms with Crippen molar-refractivity contribution in [2.24, 2.45) is 11.7 Å². The number of nitrogens with zero attached hydrogens (tertiary/aromatic N) is 2. The number of aromatic nitrogens is 1. The molecule has 128 valence electrons. The molecule has 2 heterocycles. The molecule has 0 saturated heterocycles. The van der Waals surface area contributed by atoms with Crippen LogP contribution in [0.2, 0.25) is 0 Å². The highest BCUT2D eigenvalue weighted by molar-refractivity contribution is 5.55. The number of hydrogen-bond donors (Lipinski definition) is 1. The van der Waals surface area contributed by atoms with Crippen LogP contribution in [0.5, 0.6) is 5.75 Å². The lowest BCUT2D eigenvalue weighted by atomic mass is 9.84. The average molecular weight is 335 g/mol. The van der Waals surface area contributed by atoms with Gasteiger partial charge in [0.05, 0.1) is 11.5 Å². The van der Waals surface area contributed by atoms with E-state index in [9.17, 15) is 10.1 Å². The lowest BCUT2D eigenvalue weighted by Crippen LogP contribution is -2.33. The zero-order valence-corrected chi connectivity index (χ0v) is 14.6. The monoisotopic (exact) mass is 335 g/mol. The minimum atomic E-state index is -0.513. The van der Waals surface area contributed by atoms with E-state index in [0.717, 1.165) is 11.3 Å². The maximum atomic E-state index is 13.2. The Hall–Kier alpha value is -3.00. The summed E-state index contributed by atoms with van der Waals surface area (Å²) < 4.78 is 7.38. The Bertz CT molecular complexity index is 934. The fourth-order valence-corrected chi connectivity index (χ4v) is 3.26. The summed E-state index contributed by atoms with van der Waals surface area (Å²) in [5.74, 6) is 0.309. The van der Waals surface area contributed by atoms with Crippen LogP contribution < -0.4 is 16.0 Å². The molecule has 0 amide bonds. The number of rotatable bonds is 3. The van der Waals surface area contributed by atoms with Crippen LogP contribution in [-0.4, -0.2) is 4.57 Å². The molecular formula is C20H21N3O2. The van der Waals surface area contributed by atoms with Gasteiger partial charge in [0.25, 0.3) is 5.56 Å². The van der Waals surface area contributed by atoms with Crippen LogP contribution in [0.4, 0.5) is 0 Å². The first-order valence-corrected chi connectivity index (χ1v) is 8.31. The zero-order chi connectivity index (χ0) is 18.1. The van der Waals surface area contributed by atoms with E-state index in [-0.39, 0.29) is 17.0 Å². The molecule has 0 bridgehead atoms. The molecule has 2 N–H and O–H groups in total. The molecule has 3 rings (SSSR count). The quantitative estimate of drug-likeness (QED) is 0.935. The van der Waals surface area contributed by atoms with Gasteiger partial charge in [0.15, 0.2) is 0 Å². The van der Waals surface area contributed by atoms with Crippen LogP contribution in [0.3, 0.4) is 0 Å². The van der Waals surface area contributed by atoms with Crippen molar-refractivity contribution in [3.8, 4) is 11.8 Å². The second kappa shape index (κ2) is 6.48. The summed E-state index contributed by atoms with van der Waals surface area (Å²) in [4.78, 5) is 13.2. The van der Waals surface area contributed by atoms with E-state index in [4.69, 9.17) is 10.5 Å². The third-order valence-corrected chi connectivity index (χ3v) is 4.37. The predicted octanol–water partition coefficient (Wildman–Crippen LogP) is 3.03. The molecule has 2 aromatic rings. The standard InChI is InChI=1S/C20H21N3O2/c1-12(2)11-23-13(3)9-16-18(20(23)24)17(14-7-5-4-6-8-14)15(10-21)19(22)25-16/h4-9,12,17H,11,22H2,1-3H3. The van der Waals surface area contributed by atoms with Crippen LogP contribution in [0.25, 0.3) is 0 Å². The summed E-state index contributed by atoms with van der Waals surface area (Å²) in [6.07, 6.45) is 0. The number of nitrogens with two attached hydrogens (primary N) is 1. The van der Waals surface area contributed by atoms with E-state index in [0.29, 0.717) is 23.8 Å². The summed E-state index contributed by atoms with van der Waals surface area (Å²) in [6, 6.07) is 13.4. The van der Waals surface area contributed by atoms with Crippen molar-refractivity contribution in [2.45, 2.75) is 33.2 Å². The highest BCUT2D eigenvalue weighted by Gasteiger charge is 2.34. The van der Waals surface area contributed by atoms with Gasteiger partial charge in [0, 0.05) is 18.3 Å². The van der Waals surface area contributed by atoms with Gasteiger partial charge in [-0.15, -0.1) is 0 Å². The van der Waals surface area contributed by atoms with Gasteiger partial charge >= 0.3 is 0 Å². The van der Waals surface area contributed by atoms with E-state index in [1.807, 2.05) is 43.3 Å². The third kappa shape index (κ3) is 2.91. The van der Waals surface area contributed by atoms with Crippen molar-refractivity contribution in [2.75, 3.05) is 0 Å². The van der Waals surface area contributed by atoms with Crippen molar-refractivity contribution >= 4 is 0 Å². The highest BCUT2D eigenvalue weighted by Crippen LogP contribution is 2.40. The Morgan fingerprint density at radius 2 is 2.00 bits per heavy atom. The van der Waals surface area contributed by atoms with E-state index < -0.39 is 5.92 Å². The molecule has 0 saturated carbocycles. The molecule has 1 unspecified atom stereocenters. The number of pyridine rings is 1. The van der Waals surface area contributed by atoms with E-state index >= 15 is 0 Å². The van der Waals surface area contributed by atoms with Crippen LogP contribution in [0.1, 0.15) is 36.6 Å². The maximum Gasteiger partial charge on any atom is 0.258 e. The number of aryl methyl sites for hydroxylation is 1. The van der Waals surface area contributed by atoms with Gasteiger partial charge in [0.2, 0.25) is 5.88 Å². The summed E-state index contributed by atoms with van der Waals surface area (Å²) in [5, 5.41) is 9.60. The molecular weight excluding hydrogens is 314 g/mol. The van der Waals surface area contributed by atoms with Crippen molar-refractivity contribution in [3.63, 3.8) is 0 Å². The van der Waals surface area contributed by atoms with Crippen molar-refractivity contribution < 1.29 is 4.74 Å². The smallest absolute Gasteiger partial charge is 0.258 e. The molecule has 5 nitrogen and oxygen atoms in total. The van der Waals surface area contributed by atoms with Crippen molar-refractivity contribution in [1.82, 2.24) is 4.57 Å². The number of allylic oxidation sites excluding steroid dienone is 1. The number of hydrogen-bond acceptors (Lipinski definition) is 4. The summed E-state index contributed by atoms with van der Waals surface area (Å²) in [6.45, 7) is 6.62. The minimum absolute atomic E-state index is 0.0595. The van der Waals surface area contributed by atoms with Crippen LogP contribution >= 0.6 is 0 Å². The molecule has 0 radical (unpaired) electrons. The normalized spacial score (nSPS) is 16.4. The largest absolute Gasteiger partial charge is 0.440 e. The van der Waals surface area contributed by atoms with Gasteiger partial charge in [-0.3, -0.25) is 4.79 Å². The average Bonchev–Trinajstić information content (AvgIpc) is 2.58. The van der Waals surface area contributed by atoms with E-state index in [1.165, 1.54) is 0 Å². The Labute approximate surface area is 147 Å². The number of ether oxygens (including phenoxy) is 1. The Morgan fingerprint density at radius 1 is 1.32 bits per heavy atom. The summed E-state index contributed by atoms with van der Waals surface area (Å²) in [5.41, 5.74) is 8.27. The molecule has 0 spiro atoms. The van der Waals surface area contributed by atoms with Gasteiger partial charge in [-0.1, -0.05) is 44.2 Å². The van der Waals surface area contributed by atoms with Crippen LogP contribution in [0.15, 0.2) is 52.6 Å². The lowest BCUT2D eigenvalue weighted by Gasteiger charge is -2.27. The van der Waals surface area contributed by atoms with E-state index in [1.54, 1.807) is 4.57 Å². The second-order valence-electron chi connectivity index (χ2n) is 6.71. The first kappa shape index (κ1) is 16.8. The van der Waals surface area contributed by atoms with Gasteiger partial charge in [0.1, 0.15) is 17.4 Å². The van der Waals surface area contributed by atoms with Gasteiger partial charge in [-0.05, 0) is 18.4 Å². The first-order valence-electron chi connectivity index (χ1n) is 8.31. The summed E-state index contributed by atoms with van der Waals surface area (Å²) >= 11 is 0. The van der Waals surface area contributed by atoms with Gasteiger partial charge in [-0.2, -0.15) is 5.26 Å². The number of nitriles is 1. The highest BCUT2D eigenvalue weighted by atomic mass is 16.5. The molecule has 1 aliphatic rings. The molecule has 0 aliphatic carbocycles. The Balaban J connectivity index is 2.30. The molecule has 1 atom stereocenters. The van der Waals surface area contributed by atoms with Crippen LogP contribution in [-0.2, 0) is 6.54 Å². The molecule has 5 heteroatoms. The number of benzene rings is 1. The second-order valence-corrected chi connectivity index (χ2v) is 6.71. The molecule has 25 heavy (non-hydrogen) atoms. The molecule has 1 aromatic heterocycles. The fraction of sp³-hybridized carbons (Fsp3) is 0.300. The molecule has 1 aliphatic heterocycles. The minimum Gasteiger partial charge on any atom is -0.440 e. The maximum absolute atomic E-state index is 13.2. The Morgan fingerprint density at radius 3 is 2.60 bits per heavy atom. The lowest BCUT2D eigenvalue weighted by molar-refractivity contribution is 0.386. The zero-order valence-electron chi connectivity index (χ0n) is 14.6. The summed E-state index contributed by atoms with van der Waals surface area (Å²) in [7, 11) is 0. The van der Waals surface area contributed by atoms with Crippen molar-refractivity contribution in [1.29, 1.82) is 5.26 Å². The van der Waals surface area contributed by atoms with Crippen LogP contribution in [0, 0.1) is 24.2 Å². The van der Waals surface area contributed by atoms with Gasteiger partial charge < -0.3 is 15.0 Å². The molecule has 0 fully saturated rings. The number of fused-ring (bicyclic) bond motifs is 1. The predicted molar refractivity (Wildman–Crippen MR) is 96.0 cm³/mol. The third-order valence-electron chi connectivity index (χ3n) is 4.37. The Kier molecular flexibility index (Phi) is 4.37. The fourth-order valence-electron chi connectivity index (χ4n) is 3.26.